The number of likely N-dealkylation sites (N-methyl/N-ethyl adjacent to an activating group) is 1. The van der Waals surface area contributed by atoms with E-state index in [1.54, 1.807) is 23.9 Å². The van der Waals surface area contributed by atoms with Gasteiger partial charge in [0.2, 0.25) is 5.91 Å². The van der Waals surface area contributed by atoms with E-state index in [1.165, 1.54) is 0 Å². The molecule has 0 saturated carbocycles. The lowest BCUT2D eigenvalue weighted by molar-refractivity contribution is -0.136. The normalized spacial score (nSPS) is 15.0. The smallest absolute Gasteiger partial charge is 0.260 e. The van der Waals surface area contributed by atoms with E-state index < -0.39 is 0 Å². The zero-order valence-electron chi connectivity index (χ0n) is 16.8. The molecule has 2 aromatic carbocycles. The maximum Gasteiger partial charge on any atom is 0.260 e. The minimum absolute atomic E-state index is 0.00206. The molecule has 0 spiro atoms. The van der Waals surface area contributed by atoms with Gasteiger partial charge >= 0.3 is 0 Å². The number of carbonyl (C=O) groups is 2. The van der Waals surface area contributed by atoms with Crippen LogP contribution < -0.4 is 4.74 Å². The first kappa shape index (κ1) is 19.3. The molecule has 2 heterocycles. The number of ether oxygens (including phenoxy) is 1. The van der Waals surface area contributed by atoms with Gasteiger partial charge < -0.3 is 19.0 Å². The molecule has 0 N–H and O–H groups in total. The number of benzene rings is 2. The maximum atomic E-state index is 12.5. The Morgan fingerprint density at radius 3 is 2.48 bits per heavy atom. The summed E-state index contributed by atoms with van der Waals surface area (Å²) in [6.45, 7) is 2.99. The van der Waals surface area contributed by atoms with E-state index in [0.717, 1.165) is 21.9 Å². The van der Waals surface area contributed by atoms with Crippen LogP contribution in [0.15, 0.2) is 46.9 Å². The van der Waals surface area contributed by atoms with Crippen LogP contribution >= 0.6 is 0 Å². The van der Waals surface area contributed by atoms with Crippen molar-refractivity contribution in [1.29, 1.82) is 0 Å². The second-order valence-corrected chi connectivity index (χ2v) is 7.49. The summed E-state index contributed by atoms with van der Waals surface area (Å²) < 4.78 is 11.6. The van der Waals surface area contributed by atoms with E-state index in [4.69, 9.17) is 9.15 Å². The predicted molar refractivity (Wildman–Crippen MR) is 111 cm³/mol. The van der Waals surface area contributed by atoms with E-state index >= 15 is 0 Å². The summed E-state index contributed by atoms with van der Waals surface area (Å²) in [5.41, 5.74) is 1.63. The minimum atomic E-state index is -0.0410. The van der Waals surface area contributed by atoms with E-state index in [-0.39, 0.29) is 18.4 Å². The van der Waals surface area contributed by atoms with Gasteiger partial charge in [-0.25, -0.2) is 0 Å². The largest absolute Gasteiger partial charge is 0.484 e. The van der Waals surface area contributed by atoms with Crippen molar-refractivity contribution < 1.29 is 18.7 Å². The lowest BCUT2D eigenvalue weighted by atomic mass is 10.1. The number of hydrogen-bond donors (Lipinski definition) is 0. The zero-order chi connectivity index (χ0) is 20.4. The van der Waals surface area contributed by atoms with Crippen molar-refractivity contribution in [3.63, 3.8) is 0 Å². The first-order chi connectivity index (χ1) is 14.0. The number of fused-ring (bicyclic) bond motifs is 3. The van der Waals surface area contributed by atoms with Crippen molar-refractivity contribution in [2.45, 2.75) is 0 Å². The number of carbonyl (C=O) groups excluding carboxylic acids is 2. The van der Waals surface area contributed by atoms with Gasteiger partial charge in [0.25, 0.3) is 5.91 Å². The monoisotopic (exact) mass is 395 g/mol. The molecular weight excluding hydrogens is 370 g/mol. The molecular formula is C22H25N3O4. The van der Waals surface area contributed by atoms with Crippen LogP contribution in [0, 0.1) is 0 Å². The average Bonchev–Trinajstić information content (AvgIpc) is 3.10. The third-order valence-corrected chi connectivity index (χ3v) is 5.29. The van der Waals surface area contributed by atoms with Crippen LogP contribution in [-0.2, 0) is 9.59 Å². The van der Waals surface area contributed by atoms with Gasteiger partial charge in [0.15, 0.2) is 6.61 Å². The first-order valence-electron chi connectivity index (χ1n) is 9.75. The highest BCUT2D eigenvalue weighted by atomic mass is 16.5. The first-order valence-corrected chi connectivity index (χ1v) is 9.75. The topological polar surface area (TPSA) is 66.2 Å². The molecule has 3 aromatic rings. The Hall–Kier alpha value is -3.06. The lowest BCUT2D eigenvalue weighted by Gasteiger charge is -2.34. The number of para-hydroxylation sites is 1. The molecule has 1 aliphatic heterocycles. The van der Waals surface area contributed by atoms with Crippen LogP contribution in [0.4, 0.5) is 0 Å². The van der Waals surface area contributed by atoms with E-state index in [1.807, 2.05) is 42.5 Å². The third kappa shape index (κ3) is 4.19. The molecule has 4 rings (SSSR count). The summed E-state index contributed by atoms with van der Waals surface area (Å²) in [6.07, 6.45) is 0. The van der Waals surface area contributed by atoms with Gasteiger partial charge in [-0.1, -0.05) is 18.2 Å². The fourth-order valence-electron chi connectivity index (χ4n) is 3.52. The predicted octanol–water partition coefficient (Wildman–Crippen LogP) is 2.20. The Morgan fingerprint density at radius 1 is 1.00 bits per heavy atom. The molecule has 152 valence electrons. The fraction of sp³-hybridized carbons (Fsp3) is 0.364. The summed E-state index contributed by atoms with van der Waals surface area (Å²) in [5, 5.41) is 2.01. The van der Waals surface area contributed by atoms with Gasteiger partial charge in [-0.15, -0.1) is 0 Å². The van der Waals surface area contributed by atoms with E-state index in [9.17, 15) is 9.59 Å². The van der Waals surface area contributed by atoms with Crippen LogP contribution in [0.3, 0.4) is 0 Å². The number of amides is 2. The van der Waals surface area contributed by atoms with Gasteiger partial charge in [0.05, 0.1) is 6.54 Å². The SMILES string of the molecule is CN(C)C(=O)CN1CCN(C(=O)COc2ccc3oc4ccccc4c3c2)CC1. The molecule has 0 unspecified atom stereocenters. The van der Waals surface area contributed by atoms with Crippen molar-refractivity contribution in [2.24, 2.45) is 0 Å². The molecule has 29 heavy (non-hydrogen) atoms. The molecule has 7 heteroatoms. The van der Waals surface area contributed by atoms with E-state index in [2.05, 4.69) is 4.90 Å². The summed E-state index contributed by atoms with van der Waals surface area (Å²) >= 11 is 0. The van der Waals surface area contributed by atoms with E-state index in [0.29, 0.717) is 38.5 Å². The quantitative estimate of drug-likeness (QED) is 0.663. The molecule has 2 amide bonds. The molecule has 1 aliphatic rings. The van der Waals surface area contributed by atoms with Crippen LogP contribution in [0.5, 0.6) is 5.75 Å². The van der Waals surface area contributed by atoms with Gasteiger partial charge in [-0.3, -0.25) is 14.5 Å². The number of hydrogen-bond acceptors (Lipinski definition) is 5. The molecule has 0 radical (unpaired) electrons. The fourth-order valence-corrected chi connectivity index (χ4v) is 3.52. The Bertz CT molecular complexity index is 1030. The Balaban J connectivity index is 1.33. The van der Waals surface area contributed by atoms with Gasteiger partial charge in [-0.2, -0.15) is 0 Å². The van der Waals surface area contributed by atoms with Crippen molar-refractivity contribution in [3.05, 3.63) is 42.5 Å². The summed E-state index contributed by atoms with van der Waals surface area (Å²) in [6, 6.07) is 13.5. The maximum absolute atomic E-state index is 12.5. The van der Waals surface area contributed by atoms with Gasteiger partial charge in [0.1, 0.15) is 16.9 Å². The molecule has 0 atom stereocenters. The zero-order valence-corrected chi connectivity index (χ0v) is 16.8. The summed E-state index contributed by atoms with van der Waals surface area (Å²) in [7, 11) is 3.51. The van der Waals surface area contributed by atoms with Crippen molar-refractivity contribution >= 4 is 33.8 Å². The minimum Gasteiger partial charge on any atom is -0.484 e. The highest BCUT2D eigenvalue weighted by Gasteiger charge is 2.23. The lowest BCUT2D eigenvalue weighted by Crippen LogP contribution is -2.51. The second kappa shape index (κ2) is 8.13. The number of nitrogens with zero attached hydrogens (tertiary/aromatic N) is 3. The standard InChI is InChI=1S/C22H25N3O4/c1-23(2)21(26)14-24-9-11-25(12-10-24)22(27)15-28-16-7-8-20-18(13-16)17-5-3-4-6-19(17)29-20/h3-8,13H,9-12,14-15H2,1-2H3. The molecule has 1 fully saturated rings. The number of furan rings is 1. The highest BCUT2D eigenvalue weighted by Crippen LogP contribution is 2.31. The summed E-state index contributed by atoms with van der Waals surface area (Å²) in [5.74, 6) is 0.684. The van der Waals surface area contributed by atoms with Crippen molar-refractivity contribution in [1.82, 2.24) is 14.7 Å². The molecule has 1 saturated heterocycles. The molecule has 1 aromatic heterocycles. The Kier molecular flexibility index (Phi) is 5.40. The summed E-state index contributed by atoms with van der Waals surface area (Å²) in [4.78, 5) is 29.8. The van der Waals surface area contributed by atoms with Crippen LogP contribution in [0.1, 0.15) is 0 Å². The molecule has 7 nitrogen and oxygen atoms in total. The van der Waals surface area contributed by atoms with Crippen molar-refractivity contribution in [2.75, 3.05) is 53.4 Å². The third-order valence-electron chi connectivity index (χ3n) is 5.29. The Labute approximate surface area is 169 Å². The Morgan fingerprint density at radius 2 is 1.72 bits per heavy atom. The van der Waals surface area contributed by atoms with Gasteiger partial charge in [0, 0.05) is 51.0 Å². The number of piperazine rings is 1. The molecule has 0 aliphatic carbocycles. The van der Waals surface area contributed by atoms with Crippen molar-refractivity contribution in [3.8, 4) is 5.75 Å². The van der Waals surface area contributed by atoms with Gasteiger partial charge in [-0.05, 0) is 24.3 Å². The second-order valence-electron chi connectivity index (χ2n) is 7.49. The molecule has 0 bridgehead atoms. The van der Waals surface area contributed by atoms with Crippen LogP contribution in [0.2, 0.25) is 0 Å². The van der Waals surface area contributed by atoms with Crippen LogP contribution in [0.25, 0.3) is 21.9 Å². The van der Waals surface area contributed by atoms with Crippen LogP contribution in [-0.4, -0.2) is 79.9 Å². The number of rotatable bonds is 5. The highest BCUT2D eigenvalue weighted by molar-refractivity contribution is 6.05. The average molecular weight is 395 g/mol.